The van der Waals surface area contributed by atoms with Gasteiger partial charge in [0.25, 0.3) is 0 Å². The third kappa shape index (κ3) is 6.35. The van der Waals surface area contributed by atoms with Crippen molar-refractivity contribution in [2.45, 2.75) is 45.3 Å². The lowest BCUT2D eigenvalue weighted by atomic mass is 9.96. The van der Waals surface area contributed by atoms with Crippen LogP contribution in [0.3, 0.4) is 0 Å². The number of benzene rings is 2. The Labute approximate surface area is 216 Å². The highest BCUT2D eigenvalue weighted by Gasteiger charge is 2.26. The van der Waals surface area contributed by atoms with Crippen molar-refractivity contribution in [3.8, 4) is 17.1 Å². The molecule has 2 fully saturated rings. The zero-order chi connectivity index (χ0) is 25.6. The predicted octanol–water partition coefficient (Wildman–Crippen LogP) is 3.40. The number of amides is 2. The fourth-order valence-electron chi connectivity index (χ4n) is 4.91. The molecule has 0 saturated carbocycles. The van der Waals surface area contributed by atoms with Crippen LogP contribution in [-0.4, -0.2) is 58.5 Å². The van der Waals surface area contributed by atoms with Gasteiger partial charge >= 0.3 is 0 Å². The van der Waals surface area contributed by atoms with E-state index in [1.807, 2.05) is 53.4 Å². The van der Waals surface area contributed by atoms with Crippen LogP contribution < -0.4 is 10.1 Å². The third-order valence-electron chi connectivity index (χ3n) is 7.17. The molecule has 2 amide bonds. The van der Waals surface area contributed by atoms with Gasteiger partial charge in [-0.3, -0.25) is 14.5 Å². The lowest BCUT2D eigenvalue weighted by molar-refractivity contribution is -0.128. The summed E-state index contributed by atoms with van der Waals surface area (Å²) in [5.41, 5.74) is 3.06. The maximum Gasteiger partial charge on any atom is 0.241 e. The van der Waals surface area contributed by atoms with E-state index in [2.05, 4.69) is 20.4 Å². The van der Waals surface area contributed by atoms with Gasteiger partial charge in [0, 0.05) is 37.5 Å². The summed E-state index contributed by atoms with van der Waals surface area (Å²) in [4.78, 5) is 33.3. The molecule has 0 bridgehead atoms. The van der Waals surface area contributed by atoms with Gasteiger partial charge in [-0.05, 0) is 67.7 Å². The van der Waals surface area contributed by atoms with E-state index in [0.29, 0.717) is 37.8 Å². The molecule has 1 aromatic heterocycles. The van der Waals surface area contributed by atoms with E-state index in [1.165, 1.54) is 0 Å². The van der Waals surface area contributed by atoms with Gasteiger partial charge in [0.2, 0.25) is 23.5 Å². The molecule has 2 aliphatic rings. The minimum Gasteiger partial charge on any atom is -0.497 e. The maximum absolute atomic E-state index is 12.8. The highest BCUT2D eigenvalue weighted by Crippen LogP contribution is 2.22. The Hall–Kier alpha value is -3.72. The van der Waals surface area contributed by atoms with Crippen molar-refractivity contribution in [2.24, 2.45) is 5.92 Å². The summed E-state index contributed by atoms with van der Waals surface area (Å²) in [5, 5.41) is 7.19. The Balaban J connectivity index is 1.04. The number of aromatic nitrogens is 2. The van der Waals surface area contributed by atoms with E-state index in [1.54, 1.807) is 7.11 Å². The SMILES string of the molecule is COc1ccc(-c2noc(CN3CCC(C(=O)NCc4ccc(CN5CCCC5=O)cc4)CC3)n2)cc1. The first-order valence-corrected chi connectivity index (χ1v) is 12.9. The normalized spacial score (nSPS) is 16.8. The van der Waals surface area contributed by atoms with Crippen molar-refractivity contribution in [1.82, 2.24) is 25.3 Å². The molecule has 3 heterocycles. The molecule has 1 N–H and O–H groups in total. The van der Waals surface area contributed by atoms with Crippen molar-refractivity contribution >= 4 is 11.8 Å². The Kier molecular flexibility index (Phi) is 7.79. The summed E-state index contributed by atoms with van der Waals surface area (Å²) < 4.78 is 10.6. The van der Waals surface area contributed by atoms with Crippen LogP contribution in [0.4, 0.5) is 0 Å². The molecule has 2 aliphatic heterocycles. The highest BCUT2D eigenvalue weighted by atomic mass is 16.5. The van der Waals surface area contributed by atoms with Crippen LogP contribution in [-0.2, 0) is 29.2 Å². The lowest BCUT2D eigenvalue weighted by Gasteiger charge is -2.30. The van der Waals surface area contributed by atoms with Crippen molar-refractivity contribution in [1.29, 1.82) is 0 Å². The minimum atomic E-state index is 0.00856. The molecular formula is C28H33N5O4. The molecule has 0 radical (unpaired) electrons. The summed E-state index contributed by atoms with van der Waals surface area (Å²) in [6.07, 6.45) is 3.21. The topological polar surface area (TPSA) is 101 Å². The standard InChI is InChI=1S/C28H33N5O4/c1-36-24-10-8-22(9-11-24)27-30-25(37-31-27)19-32-15-12-23(13-16-32)28(35)29-17-20-4-6-21(7-5-20)18-33-14-2-3-26(33)34/h4-11,23H,2-3,12-19H2,1H3,(H,29,35). The van der Waals surface area contributed by atoms with Gasteiger partial charge in [-0.25, -0.2) is 0 Å². The molecule has 2 aromatic carbocycles. The van der Waals surface area contributed by atoms with Gasteiger partial charge in [0.1, 0.15) is 5.75 Å². The smallest absolute Gasteiger partial charge is 0.241 e. The second-order valence-corrected chi connectivity index (χ2v) is 9.74. The number of methoxy groups -OCH3 is 1. The second-order valence-electron chi connectivity index (χ2n) is 9.74. The van der Waals surface area contributed by atoms with Crippen molar-refractivity contribution in [2.75, 3.05) is 26.7 Å². The first-order chi connectivity index (χ1) is 18.1. The molecule has 5 rings (SSSR count). The quantitative estimate of drug-likeness (QED) is 0.478. The van der Waals surface area contributed by atoms with Crippen molar-refractivity contribution in [3.63, 3.8) is 0 Å². The number of hydrogen-bond acceptors (Lipinski definition) is 7. The first kappa shape index (κ1) is 25.0. The molecule has 0 atom stereocenters. The number of rotatable bonds is 9. The monoisotopic (exact) mass is 503 g/mol. The molecule has 0 aliphatic carbocycles. The van der Waals surface area contributed by atoms with Crippen LogP contribution in [0.2, 0.25) is 0 Å². The van der Waals surface area contributed by atoms with Crippen LogP contribution in [0.1, 0.15) is 42.7 Å². The largest absolute Gasteiger partial charge is 0.497 e. The fourth-order valence-corrected chi connectivity index (χ4v) is 4.91. The number of hydrogen-bond donors (Lipinski definition) is 1. The number of likely N-dealkylation sites (tertiary alicyclic amines) is 2. The number of carbonyl (C=O) groups excluding carboxylic acids is 2. The summed E-state index contributed by atoms with van der Waals surface area (Å²) in [6, 6.07) is 15.7. The average molecular weight is 504 g/mol. The Morgan fingerprint density at radius 2 is 1.76 bits per heavy atom. The molecule has 3 aromatic rings. The lowest BCUT2D eigenvalue weighted by Crippen LogP contribution is -2.40. The highest BCUT2D eigenvalue weighted by molar-refractivity contribution is 5.79. The van der Waals surface area contributed by atoms with E-state index in [0.717, 1.165) is 61.3 Å². The third-order valence-corrected chi connectivity index (χ3v) is 7.17. The van der Waals surface area contributed by atoms with E-state index in [4.69, 9.17) is 9.26 Å². The second kappa shape index (κ2) is 11.6. The summed E-state index contributed by atoms with van der Waals surface area (Å²) in [7, 11) is 1.63. The molecule has 2 saturated heterocycles. The first-order valence-electron chi connectivity index (χ1n) is 12.9. The molecule has 9 heteroatoms. The summed E-state index contributed by atoms with van der Waals surface area (Å²) in [6.45, 7) is 4.21. The predicted molar refractivity (Wildman–Crippen MR) is 137 cm³/mol. The summed E-state index contributed by atoms with van der Waals surface area (Å²) in [5.74, 6) is 2.26. The fraction of sp³-hybridized carbons (Fsp3) is 0.429. The molecule has 0 unspecified atom stereocenters. The zero-order valence-corrected chi connectivity index (χ0v) is 21.2. The molecule has 37 heavy (non-hydrogen) atoms. The van der Waals surface area contributed by atoms with E-state index < -0.39 is 0 Å². The van der Waals surface area contributed by atoms with E-state index in [-0.39, 0.29) is 17.7 Å². The minimum absolute atomic E-state index is 0.00856. The number of nitrogens with one attached hydrogen (secondary N) is 1. The molecule has 194 valence electrons. The van der Waals surface area contributed by atoms with Gasteiger partial charge in [-0.2, -0.15) is 4.98 Å². The summed E-state index contributed by atoms with van der Waals surface area (Å²) >= 11 is 0. The van der Waals surface area contributed by atoms with Gasteiger partial charge in [0.15, 0.2) is 0 Å². The van der Waals surface area contributed by atoms with E-state index in [9.17, 15) is 9.59 Å². The molecule has 0 spiro atoms. The van der Waals surface area contributed by atoms with Crippen molar-refractivity contribution < 1.29 is 18.8 Å². The van der Waals surface area contributed by atoms with Gasteiger partial charge in [-0.1, -0.05) is 29.4 Å². The van der Waals surface area contributed by atoms with Crippen LogP contribution in [0.15, 0.2) is 53.1 Å². The molecular weight excluding hydrogens is 470 g/mol. The Morgan fingerprint density at radius 3 is 2.43 bits per heavy atom. The average Bonchev–Trinajstić information content (AvgIpc) is 3.57. The van der Waals surface area contributed by atoms with Gasteiger partial charge in [0.05, 0.1) is 13.7 Å². The van der Waals surface area contributed by atoms with Gasteiger partial charge < -0.3 is 19.5 Å². The Morgan fingerprint density at radius 1 is 1.03 bits per heavy atom. The zero-order valence-electron chi connectivity index (χ0n) is 21.2. The van der Waals surface area contributed by atoms with Crippen LogP contribution in [0.25, 0.3) is 11.4 Å². The number of nitrogens with zero attached hydrogens (tertiary/aromatic N) is 4. The van der Waals surface area contributed by atoms with Crippen LogP contribution in [0.5, 0.6) is 5.75 Å². The van der Waals surface area contributed by atoms with Crippen molar-refractivity contribution in [3.05, 3.63) is 65.5 Å². The number of ether oxygens (including phenoxy) is 1. The van der Waals surface area contributed by atoms with E-state index >= 15 is 0 Å². The number of piperidine rings is 1. The van der Waals surface area contributed by atoms with Crippen LogP contribution in [0, 0.1) is 5.92 Å². The maximum atomic E-state index is 12.8. The van der Waals surface area contributed by atoms with Gasteiger partial charge in [-0.15, -0.1) is 0 Å². The Bertz CT molecular complexity index is 1200. The molecule has 9 nitrogen and oxygen atoms in total. The van der Waals surface area contributed by atoms with Crippen LogP contribution >= 0.6 is 0 Å². The number of carbonyl (C=O) groups is 2.